The second-order valence-corrected chi connectivity index (χ2v) is 6.65. The van der Waals surface area contributed by atoms with Gasteiger partial charge >= 0.3 is 5.97 Å². The van der Waals surface area contributed by atoms with Crippen LogP contribution in [0, 0.1) is 5.92 Å². The predicted molar refractivity (Wildman–Crippen MR) is 97.6 cm³/mol. The molecule has 3 aromatic rings. The minimum absolute atomic E-state index is 0.0476. The molecule has 28 heavy (non-hydrogen) atoms. The fourth-order valence-corrected chi connectivity index (χ4v) is 2.79. The zero-order chi connectivity index (χ0) is 20.4. The number of aliphatic carboxylic acids is 1. The summed E-state index contributed by atoms with van der Waals surface area (Å²) in [6.07, 6.45) is 2.94. The molecule has 4 N–H and O–H groups in total. The highest BCUT2D eigenvalue weighted by molar-refractivity contribution is 6.00. The Hall–Kier alpha value is -3.69. The van der Waals surface area contributed by atoms with Gasteiger partial charge in [-0.15, -0.1) is 0 Å². The number of primary amides is 1. The van der Waals surface area contributed by atoms with E-state index in [4.69, 9.17) is 10.2 Å². The van der Waals surface area contributed by atoms with E-state index in [-0.39, 0.29) is 35.1 Å². The number of carbonyl (C=O) groups excluding carboxylic acids is 2. The number of nitrogens with one attached hydrogen (secondary N) is 1. The molecule has 3 rings (SSSR count). The number of carbonyl (C=O) groups is 3. The van der Waals surface area contributed by atoms with Gasteiger partial charge in [0.2, 0.25) is 0 Å². The Labute approximate surface area is 159 Å². The van der Waals surface area contributed by atoms with E-state index in [0.29, 0.717) is 5.76 Å². The van der Waals surface area contributed by atoms with Gasteiger partial charge in [0, 0.05) is 0 Å². The first kappa shape index (κ1) is 19.1. The second kappa shape index (κ2) is 7.51. The van der Waals surface area contributed by atoms with E-state index in [2.05, 4.69) is 15.3 Å². The summed E-state index contributed by atoms with van der Waals surface area (Å²) in [7, 11) is 0. The van der Waals surface area contributed by atoms with Crippen LogP contribution in [-0.2, 0) is 4.79 Å². The van der Waals surface area contributed by atoms with Gasteiger partial charge in [0.1, 0.15) is 23.8 Å². The smallest absolute Gasteiger partial charge is 0.326 e. The molecule has 3 aromatic heterocycles. The average molecular weight is 385 g/mol. The van der Waals surface area contributed by atoms with Crippen molar-refractivity contribution in [1.82, 2.24) is 19.7 Å². The molecule has 2 amide bonds. The fourth-order valence-electron chi connectivity index (χ4n) is 2.79. The zero-order valence-electron chi connectivity index (χ0n) is 15.2. The second-order valence-electron chi connectivity index (χ2n) is 6.65. The van der Waals surface area contributed by atoms with Gasteiger partial charge in [0.05, 0.1) is 6.26 Å². The van der Waals surface area contributed by atoms with Crippen molar-refractivity contribution in [1.29, 1.82) is 0 Å². The summed E-state index contributed by atoms with van der Waals surface area (Å²) in [5.41, 5.74) is 5.62. The summed E-state index contributed by atoms with van der Waals surface area (Å²) in [5, 5.41) is 11.9. The molecule has 0 spiro atoms. The van der Waals surface area contributed by atoms with Crippen LogP contribution in [0.4, 0.5) is 0 Å². The highest BCUT2D eigenvalue weighted by Crippen LogP contribution is 2.22. The van der Waals surface area contributed by atoms with Crippen LogP contribution in [0.5, 0.6) is 0 Å². The summed E-state index contributed by atoms with van der Waals surface area (Å²) < 4.78 is 6.61. The van der Waals surface area contributed by atoms with Crippen LogP contribution in [-0.4, -0.2) is 43.3 Å². The highest BCUT2D eigenvalue weighted by Gasteiger charge is 2.25. The Kier molecular flexibility index (Phi) is 5.12. The number of imidazole rings is 1. The number of hydrogen-bond donors (Lipinski definition) is 3. The van der Waals surface area contributed by atoms with Gasteiger partial charge in [-0.05, 0) is 30.5 Å². The third-order valence-electron chi connectivity index (χ3n) is 4.05. The molecule has 0 aromatic carbocycles. The maximum atomic E-state index is 12.9. The lowest BCUT2D eigenvalue weighted by Gasteiger charge is -2.17. The largest absolute Gasteiger partial charge is 0.480 e. The number of rotatable bonds is 7. The van der Waals surface area contributed by atoms with Crippen LogP contribution in [0.3, 0.4) is 0 Å². The zero-order valence-corrected chi connectivity index (χ0v) is 15.2. The van der Waals surface area contributed by atoms with Gasteiger partial charge in [-0.1, -0.05) is 13.8 Å². The molecule has 0 saturated heterocycles. The molecular weight excluding hydrogens is 366 g/mol. The van der Waals surface area contributed by atoms with Crippen molar-refractivity contribution in [3.8, 4) is 11.5 Å². The molecule has 3 heterocycles. The molecule has 146 valence electrons. The Morgan fingerprint density at radius 3 is 2.68 bits per heavy atom. The molecule has 0 bridgehead atoms. The number of nitrogens with zero attached hydrogens (tertiary/aromatic N) is 3. The minimum atomic E-state index is -1.14. The molecule has 1 atom stereocenters. The number of aromatic nitrogens is 3. The van der Waals surface area contributed by atoms with Gasteiger partial charge in [0.25, 0.3) is 11.8 Å². The Bertz CT molecular complexity index is 1040. The topological polar surface area (TPSA) is 153 Å². The Morgan fingerprint density at radius 1 is 1.36 bits per heavy atom. The van der Waals surface area contributed by atoms with Crippen molar-refractivity contribution in [2.24, 2.45) is 11.7 Å². The standard InChI is InChI=1S/C18H19N5O5/c1-9(2)6-11(18(26)27)22-17(25)12-7-10(13-4-3-5-28-13)21-16-14(15(19)24)20-8-23(12)16/h3-5,7-9,11H,6H2,1-2H3,(H2,19,24)(H,22,25)(H,26,27)/t11-/m0/s1. The van der Waals surface area contributed by atoms with Gasteiger partial charge in [0.15, 0.2) is 17.1 Å². The summed E-state index contributed by atoms with van der Waals surface area (Å²) in [4.78, 5) is 44.2. The van der Waals surface area contributed by atoms with E-state index in [1.54, 1.807) is 12.1 Å². The number of hydrogen-bond acceptors (Lipinski definition) is 6. The van der Waals surface area contributed by atoms with E-state index in [1.807, 2.05) is 13.8 Å². The summed E-state index contributed by atoms with van der Waals surface area (Å²) in [5.74, 6) is -2.16. The van der Waals surface area contributed by atoms with Crippen LogP contribution in [0.25, 0.3) is 17.1 Å². The third-order valence-corrected chi connectivity index (χ3v) is 4.05. The number of carboxylic acid groups (broad SMARTS) is 1. The predicted octanol–water partition coefficient (Wildman–Crippen LogP) is 1.32. The first-order valence-corrected chi connectivity index (χ1v) is 8.53. The van der Waals surface area contributed by atoms with Crippen molar-refractivity contribution in [3.05, 3.63) is 42.2 Å². The van der Waals surface area contributed by atoms with Gasteiger partial charge in [-0.3, -0.25) is 14.0 Å². The first-order valence-electron chi connectivity index (χ1n) is 8.53. The number of nitrogens with two attached hydrogens (primary N) is 1. The van der Waals surface area contributed by atoms with Crippen molar-refractivity contribution in [3.63, 3.8) is 0 Å². The molecular formula is C18H19N5O5. The van der Waals surface area contributed by atoms with E-state index in [1.165, 1.54) is 23.1 Å². The number of fused-ring (bicyclic) bond motifs is 1. The van der Waals surface area contributed by atoms with E-state index < -0.39 is 23.8 Å². The summed E-state index contributed by atoms with van der Waals surface area (Å²) in [6.45, 7) is 3.72. The van der Waals surface area contributed by atoms with Crippen molar-refractivity contribution in [2.45, 2.75) is 26.3 Å². The number of amides is 2. The van der Waals surface area contributed by atoms with Crippen molar-refractivity contribution < 1.29 is 23.9 Å². The van der Waals surface area contributed by atoms with E-state index in [0.717, 1.165) is 0 Å². The van der Waals surface area contributed by atoms with Crippen LogP contribution < -0.4 is 11.1 Å². The lowest BCUT2D eigenvalue weighted by Crippen LogP contribution is -2.42. The van der Waals surface area contributed by atoms with Crippen LogP contribution in [0.2, 0.25) is 0 Å². The maximum Gasteiger partial charge on any atom is 0.326 e. The Balaban J connectivity index is 2.09. The normalized spacial score (nSPS) is 12.2. The lowest BCUT2D eigenvalue weighted by atomic mass is 10.0. The van der Waals surface area contributed by atoms with Crippen molar-refractivity contribution >= 4 is 23.4 Å². The highest BCUT2D eigenvalue weighted by atomic mass is 16.4. The molecule has 0 aliphatic rings. The summed E-state index contributed by atoms with van der Waals surface area (Å²) in [6, 6.07) is 3.65. The quantitative estimate of drug-likeness (QED) is 0.554. The molecule has 0 radical (unpaired) electrons. The first-order chi connectivity index (χ1) is 13.3. The van der Waals surface area contributed by atoms with Gasteiger partial charge in [-0.2, -0.15) is 0 Å². The molecule has 10 heteroatoms. The Morgan fingerprint density at radius 2 is 2.11 bits per heavy atom. The molecule has 0 unspecified atom stereocenters. The van der Waals surface area contributed by atoms with Crippen molar-refractivity contribution in [2.75, 3.05) is 0 Å². The fraction of sp³-hybridized carbons (Fsp3) is 0.278. The maximum absolute atomic E-state index is 12.9. The molecule has 0 aliphatic carbocycles. The van der Waals surface area contributed by atoms with Gasteiger partial charge < -0.3 is 20.6 Å². The average Bonchev–Trinajstić information content (AvgIpc) is 3.29. The number of carboxylic acids is 1. The lowest BCUT2D eigenvalue weighted by molar-refractivity contribution is -0.139. The third kappa shape index (κ3) is 3.70. The molecule has 0 fully saturated rings. The van der Waals surface area contributed by atoms with Gasteiger partial charge in [-0.25, -0.2) is 14.8 Å². The molecule has 0 saturated carbocycles. The molecule has 0 aliphatic heterocycles. The van der Waals surface area contributed by atoms with Crippen LogP contribution in [0.1, 0.15) is 41.2 Å². The SMILES string of the molecule is CC(C)C[C@H](NC(=O)c1cc(-c2ccco2)nc2c(C(N)=O)ncn12)C(=O)O. The summed E-state index contributed by atoms with van der Waals surface area (Å²) >= 11 is 0. The van der Waals surface area contributed by atoms with Crippen LogP contribution >= 0.6 is 0 Å². The van der Waals surface area contributed by atoms with E-state index in [9.17, 15) is 19.5 Å². The molecule has 10 nitrogen and oxygen atoms in total. The van der Waals surface area contributed by atoms with E-state index >= 15 is 0 Å². The minimum Gasteiger partial charge on any atom is -0.480 e. The van der Waals surface area contributed by atoms with Crippen LogP contribution in [0.15, 0.2) is 35.2 Å². The monoisotopic (exact) mass is 385 g/mol. The number of furan rings is 1.